The number of nitrogens with zero attached hydrogens (tertiary/aromatic N) is 3. The first kappa shape index (κ1) is 21.8. The smallest absolute Gasteiger partial charge is 0.269 e. The van der Waals surface area contributed by atoms with Gasteiger partial charge in [-0.2, -0.15) is 5.10 Å². The number of carbonyl (C=O) groups excluding carboxylic acids is 2. The molecule has 0 atom stereocenters. The molecule has 0 radical (unpaired) electrons. The number of aromatic nitrogens is 3. The summed E-state index contributed by atoms with van der Waals surface area (Å²) in [4.78, 5) is 29.2. The number of rotatable bonds is 6. The number of halogens is 1. The maximum atomic E-state index is 13.2. The van der Waals surface area contributed by atoms with E-state index in [0.717, 1.165) is 0 Å². The van der Waals surface area contributed by atoms with Crippen LogP contribution in [0.25, 0.3) is 16.9 Å². The number of nitrogens with one attached hydrogen (secondary N) is 1. The average molecular weight is 463 g/mol. The van der Waals surface area contributed by atoms with Crippen molar-refractivity contribution >= 4 is 35.1 Å². The van der Waals surface area contributed by atoms with Crippen molar-refractivity contribution in [2.45, 2.75) is 0 Å². The first-order valence-electron chi connectivity index (χ1n) is 9.74. The Morgan fingerprint density at radius 2 is 1.82 bits per heavy atom. The molecule has 9 nitrogen and oxygen atoms in total. The number of nitrogens with two attached hydrogens (primary N) is 2. The lowest BCUT2D eigenvalue weighted by Gasteiger charge is -2.12. The Bertz CT molecular complexity index is 1350. The van der Waals surface area contributed by atoms with Crippen molar-refractivity contribution in [2.24, 2.45) is 5.73 Å². The number of ether oxygens (including phenoxy) is 1. The number of primary amides is 1. The van der Waals surface area contributed by atoms with Gasteiger partial charge >= 0.3 is 0 Å². The lowest BCUT2D eigenvalue weighted by molar-refractivity contribution is 0.0992. The number of hydrogen-bond donors (Lipinski definition) is 3. The highest BCUT2D eigenvalue weighted by Crippen LogP contribution is 2.32. The van der Waals surface area contributed by atoms with Crippen molar-refractivity contribution in [1.29, 1.82) is 0 Å². The molecule has 4 rings (SSSR count). The van der Waals surface area contributed by atoms with Crippen LogP contribution in [0.4, 0.5) is 11.6 Å². The summed E-state index contributed by atoms with van der Waals surface area (Å²) in [5.74, 6) is -0.192. The normalized spacial score (nSPS) is 10.6. The number of nitrogen functional groups attached to an aromatic ring is 1. The van der Waals surface area contributed by atoms with Crippen LogP contribution < -0.4 is 21.5 Å². The van der Waals surface area contributed by atoms with Crippen molar-refractivity contribution in [3.8, 4) is 22.7 Å². The molecule has 0 aliphatic heterocycles. The summed E-state index contributed by atoms with van der Waals surface area (Å²) in [6.45, 7) is 0. The van der Waals surface area contributed by atoms with Gasteiger partial charge in [0, 0.05) is 11.6 Å². The molecule has 2 amide bonds. The van der Waals surface area contributed by atoms with Crippen LogP contribution in [0.3, 0.4) is 0 Å². The van der Waals surface area contributed by atoms with Gasteiger partial charge in [-0.3, -0.25) is 9.59 Å². The second-order valence-corrected chi connectivity index (χ2v) is 7.37. The van der Waals surface area contributed by atoms with Gasteiger partial charge in [0.2, 0.25) is 0 Å². The SMILES string of the molecule is COc1ccc(N)nc1-c1ccc(Cl)c(C(=O)Nc2cc(C(N)=O)nn2-c2ccccc2)c1. The van der Waals surface area contributed by atoms with Gasteiger partial charge in [0.1, 0.15) is 23.1 Å². The van der Waals surface area contributed by atoms with Crippen LogP contribution in [-0.4, -0.2) is 33.7 Å². The van der Waals surface area contributed by atoms with Gasteiger partial charge in [0.15, 0.2) is 5.69 Å². The van der Waals surface area contributed by atoms with E-state index in [1.54, 1.807) is 54.6 Å². The number of pyridine rings is 1. The third-order valence-corrected chi connectivity index (χ3v) is 5.12. The summed E-state index contributed by atoms with van der Waals surface area (Å²) >= 11 is 6.33. The Balaban J connectivity index is 1.73. The Hall–Kier alpha value is -4.37. The van der Waals surface area contributed by atoms with E-state index < -0.39 is 11.8 Å². The summed E-state index contributed by atoms with van der Waals surface area (Å²) in [5.41, 5.74) is 13.1. The molecule has 0 saturated carbocycles. The quantitative estimate of drug-likeness (QED) is 0.400. The maximum absolute atomic E-state index is 13.2. The van der Waals surface area contributed by atoms with E-state index in [0.29, 0.717) is 28.5 Å². The highest BCUT2D eigenvalue weighted by atomic mass is 35.5. The Morgan fingerprint density at radius 1 is 1.06 bits per heavy atom. The fraction of sp³-hybridized carbons (Fsp3) is 0.0435. The van der Waals surface area contributed by atoms with Crippen LogP contribution in [0.1, 0.15) is 20.8 Å². The minimum Gasteiger partial charge on any atom is -0.494 e. The zero-order valence-electron chi connectivity index (χ0n) is 17.4. The fourth-order valence-electron chi connectivity index (χ4n) is 3.22. The van der Waals surface area contributed by atoms with Crippen LogP contribution in [0.5, 0.6) is 5.75 Å². The van der Waals surface area contributed by atoms with Crippen LogP contribution in [0.15, 0.2) is 66.7 Å². The van der Waals surface area contributed by atoms with Gasteiger partial charge in [-0.25, -0.2) is 9.67 Å². The Labute approximate surface area is 193 Å². The van der Waals surface area contributed by atoms with Gasteiger partial charge in [0.25, 0.3) is 11.8 Å². The van der Waals surface area contributed by atoms with Crippen LogP contribution in [0.2, 0.25) is 5.02 Å². The number of benzene rings is 2. The van der Waals surface area contributed by atoms with E-state index in [4.69, 9.17) is 27.8 Å². The predicted octanol–water partition coefficient (Wildman–Crippen LogP) is 3.53. The molecular formula is C23H19ClN6O3. The molecule has 0 aliphatic carbocycles. The monoisotopic (exact) mass is 462 g/mol. The Morgan fingerprint density at radius 3 is 2.52 bits per heavy atom. The van der Waals surface area contributed by atoms with E-state index in [9.17, 15) is 9.59 Å². The summed E-state index contributed by atoms with van der Waals surface area (Å²) in [6, 6.07) is 18.6. The van der Waals surface area contributed by atoms with Gasteiger partial charge in [-0.1, -0.05) is 35.9 Å². The molecule has 0 fully saturated rings. The molecule has 2 aromatic carbocycles. The summed E-state index contributed by atoms with van der Waals surface area (Å²) in [6.07, 6.45) is 0. The standard InChI is InChI=1S/C23H19ClN6O3/c1-33-18-9-10-19(25)27-21(18)13-7-8-16(24)15(11-13)23(32)28-20-12-17(22(26)31)29-30(20)14-5-3-2-4-6-14/h2-12H,1H3,(H2,25,27)(H2,26,31)(H,28,32). The molecule has 0 spiro atoms. The minimum atomic E-state index is -0.722. The van der Waals surface area contributed by atoms with Crippen molar-refractivity contribution in [1.82, 2.24) is 14.8 Å². The fourth-order valence-corrected chi connectivity index (χ4v) is 3.42. The molecule has 2 heterocycles. The number of amides is 2. The molecule has 0 saturated heterocycles. The lowest BCUT2D eigenvalue weighted by atomic mass is 10.1. The number of anilines is 2. The molecule has 5 N–H and O–H groups in total. The number of hydrogen-bond acceptors (Lipinski definition) is 6. The topological polar surface area (TPSA) is 138 Å². The number of methoxy groups -OCH3 is 1. The molecule has 2 aromatic heterocycles. The van der Waals surface area contributed by atoms with Gasteiger partial charge in [0.05, 0.1) is 23.4 Å². The van der Waals surface area contributed by atoms with Crippen LogP contribution in [0, 0.1) is 0 Å². The summed E-state index contributed by atoms with van der Waals surface area (Å²) < 4.78 is 6.78. The van der Waals surface area contributed by atoms with E-state index in [-0.39, 0.29) is 22.1 Å². The van der Waals surface area contributed by atoms with E-state index in [2.05, 4.69) is 15.4 Å². The molecule has 0 bridgehead atoms. The van der Waals surface area contributed by atoms with E-state index in [1.807, 2.05) is 6.07 Å². The average Bonchev–Trinajstić information content (AvgIpc) is 3.24. The van der Waals surface area contributed by atoms with Crippen molar-refractivity contribution in [2.75, 3.05) is 18.2 Å². The lowest BCUT2D eigenvalue weighted by Crippen LogP contribution is -2.16. The molecule has 166 valence electrons. The molecule has 4 aromatic rings. The number of para-hydroxylation sites is 1. The van der Waals surface area contributed by atoms with E-state index >= 15 is 0 Å². The molecule has 0 aliphatic rings. The first-order chi connectivity index (χ1) is 15.9. The van der Waals surface area contributed by atoms with Gasteiger partial charge < -0.3 is 21.5 Å². The van der Waals surface area contributed by atoms with Crippen molar-refractivity contribution < 1.29 is 14.3 Å². The summed E-state index contributed by atoms with van der Waals surface area (Å²) in [7, 11) is 1.52. The molecular weight excluding hydrogens is 444 g/mol. The predicted molar refractivity (Wildman–Crippen MR) is 126 cm³/mol. The molecule has 0 unspecified atom stereocenters. The van der Waals surface area contributed by atoms with Gasteiger partial charge in [-0.05, 0) is 36.4 Å². The molecule has 10 heteroatoms. The maximum Gasteiger partial charge on any atom is 0.269 e. The largest absolute Gasteiger partial charge is 0.494 e. The second kappa shape index (κ2) is 9.01. The van der Waals surface area contributed by atoms with Crippen molar-refractivity contribution in [3.63, 3.8) is 0 Å². The zero-order valence-corrected chi connectivity index (χ0v) is 18.2. The minimum absolute atomic E-state index is 0.00250. The third-order valence-electron chi connectivity index (χ3n) is 4.79. The van der Waals surface area contributed by atoms with Crippen LogP contribution >= 0.6 is 11.6 Å². The Kier molecular flexibility index (Phi) is 5.97. The molecule has 33 heavy (non-hydrogen) atoms. The first-order valence-corrected chi connectivity index (χ1v) is 10.1. The van der Waals surface area contributed by atoms with Gasteiger partial charge in [-0.15, -0.1) is 0 Å². The second-order valence-electron chi connectivity index (χ2n) is 6.96. The summed E-state index contributed by atoms with van der Waals surface area (Å²) in [5, 5.41) is 7.18. The number of carbonyl (C=O) groups is 2. The highest BCUT2D eigenvalue weighted by Gasteiger charge is 2.19. The zero-order chi connectivity index (χ0) is 23.5. The van der Waals surface area contributed by atoms with Crippen LogP contribution in [-0.2, 0) is 0 Å². The highest BCUT2D eigenvalue weighted by molar-refractivity contribution is 6.34. The van der Waals surface area contributed by atoms with E-state index in [1.165, 1.54) is 17.9 Å². The third kappa shape index (κ3) is 4.48. The van der Waals surface area contributed by atoms with Crippen molar-refractivity contribution in [3.05, 3.63) is 83.0 Å².